The van der Waals surface area contributed by atoms with Gasteiger partial charge in [-0.1, -0.05) is 6.07 Å². The lowest BCUT2D eigenvalue weighted by Crippen LogP contribution is -2.09. The van der Waals surface area contributed by atoms with Gasteiger partial charge >= 0.3 is 11.9 Å². The van der Waals surface area contributed by atoms with E-state index in [-0.39, 0.29) is 35.9 Å². The summed E-state index contributed by atoms with van der Waals surface area (Å²) in [4.78, 5) is 41.0. The van der Waals surface area contributed by atoms with Crippen molar-refractivity contribution < 1.29 is 24.0 Å². The number of benzene rings is 1. The van der Waals surface area contributed by atoms with E-state index in [4.69, 9.17) is 9.47 Å². The summed E-state index contributed by atoms with van der Waals surface area (Å²) in [5, 5.41) is 11.4. The minimum Gasteiger partial charge on any atom is -0.462 e. The number of aromatic nitrogens is 2. The number of nitrogens with one attached hydrogen (secondary N) is 1. The maximum atomic E-state index is 11.9. The zero-order valence-electron chi connectivity index (χ0n) is 13.1. The van der Waals surface area contributed by atoms with Crippen LogP contribution in [0.15, 0.2) is 24.4 Å². The van der Waals surface area contributed by atoms with Crippen molar-refractivity contribution in [2.75, 3.05) is 13.2 Å². The standard InChI is InChI=1S/C15H15N3O6/c1-3-23-14(19)10-7-5-6-9(12(10)18(21)22)13-16-8-11(17-13)15(20)24-4-2/h5-8H,3-4H2,1-2H3,(H,16,17). The number of hydrogen-bond donors (Lipinski definition) is 1. The van der Waals surface area contributed by atoms with E-state index in [9.17, 15) is 19.7 Å². The Bertz CT molecular complexity index is 783. The van der Waals surface area contributed by atoms with Crippen molar-refractivity contribution in [3.63, 3.8) is 0 Å². The molecule has 0 spiro atoms. The number of nitro groups is 1. The molecule has 0 aliphatic heterocycles. The van der Waals surface area contributed by atoms with Crippen molar-refractivity contribution in [1.29, 1.82) is 0 Å². The summed E-state index contributed by atoms with van der Waals surface area (Å²) >= 11 is 0. The highest BCUT2D eigenvalue weighted by Gasteiger charge is 2.27. The number of esters is 2. The van der Waals surface area contributed by atoms with E-state index in [0.29, 0.717) is 0 Å². The van der Waals surface area contributed by atoms with Crippen LogP contribution < -0.4 is 0 Å². The molecule has 24 heavy (non-hydrogen) atoms. The Morgan fingerprint density at radius 1 is 1.21 bits per heavy atom. The van der Waals surface area contributed by atoms with Crippen molar-refractivity contribution in [2.24, 2.45) is 0 Å². The van der Waals surface area contributed by atoms with Crippen LogP contribution in [0.5, 0.6) is 0 Å². The molecule has 0 atom stereocenters. The van der Waals surface area contributed by atoms with Gasteiger partial charge < -0.3 is 14.5 Å². The molecule has 0 aliphatic carbocycles. The van der Waals surface area contributed by atoms with Crippen molar-refractivity contribution in [3.05, 3.63) is 45.8 Å². The van der Waals surface area contributed by atoms with E-state index in [1.807, 2.05) is 0 Å². The number of rotatable bonds is 6. The molecule has 126 valence electrons. The molecule has 2 rings (SSSR count). The second-order valence-corrected chi connectivity index (χ2v) is 4.55. The van der Waals surface area contributed by atoms with Gasteiger partial charge in [0, 0.05) is 0 Å². The van der Waals surface area contributed by atoms with Gasteiger partial charge in [0.2, 0.25) is 0 Å². The van der Waals surface area contributed by atoms with Crippen LogP contribution in [-0.4, -0.2) is 40.0 Å². The predicted molar refractivity (Wildman–Crippen MR) is 82.6 cm³/mol. The van der Waals surface area contributed by atoms with Crippen LogP contribution in [0, 0.1) is 10.1 Å². The van der Waals surface area contributed by atoms with Crippen LogP contribution in [0.4, 0.5) is 5.69 Å². The van der Waals surface area contributed by atoms with Crippen molar-refractivity contribution in [3.8, 4) is 11.4 Å². The van der Waals surface area contributed by atoms with E-state index < -0.39 is 22.5 Å². The van der Waals surface area contributed by atoms with Gasteiger partial charge in [-0.15, -0.1) is 0 Å². The number of nitro benzene ring substituents is 1. The van der Waals surface area contributed by atoms with Crippen LogP contribution in [0.3, 0.4) is 0 Å². The molecule has 1 N–H and O–H groups in total. The Labute approximate surface area is 136 Å². The van der Waals surface area contributed by atoms with Crippen molar-refractivity contribution in [1.82, 2.24) is 9.97 Å². The molecular weight excluding hydrogens is 318 g/mol. The van der Waals surface area contributed by atoms with Crippen molar-refractivity contribution >= 4 is 17.6 Å². The molecule has 0 saturated heterocycles. The highest BCUT2D eigenvalue weighted by molar-refractivity contribution is 5.97. The first-order chi connectivity index (χ1) is 11.5. The quantitative estimate of drug-likeness (QED) is 0.488. The fourth-order valence-corrected chi connectivity index (χ4v) is 2.08. The Hall–Kier alpha value is -3.23. The summed E-state index contributed by atoms with van der Waals surface area (Å²) in [5.41, 5.74) is -0.502. The third-order valence-electron chi connectivity index (χ3n) is 3.04. The average Bonchev–Trinajstić information content (AvgIpc) is 3.04. The summed E-state index contributed by atoms with van der Waals surface area (Å²) in [6.07, 6.45) is 1.22. The lowest BCUT2D eigenvalue weighted by atomic mass is 10.1. The number of carbonyl (C=O) groups is 2. The van der Waals surface area contributed by atoms with E-state index in [1.165, 1.54) is 24.4 Å². The number of hydrogen-bond acceptors (Lipinski definition) is 7. The number of para-hydroxylation sites is 1. The molecule has 0 unspecified atom stereocenters. The first kappa shape index (κ1) is 17.1. The zero-order valence-corrected chi connectivity index (χ0v) is 13.1. The SMILES string of the molecule is CCOC(=O)c1cnc(-c2cccc(C(=O)OCC)c2[N+](=O)[O-])[nH]1. The van der Waals surface area contributed by atoms with Crippen LogP contribution in [0.1, 0.15) is 34.7 Å². The number of carbonyl (C=O) groups excluding carboxylic acids is 2. The summed E-state index contributed by atoms with van der Waals surface area (Å²) in [7, 11) is 0. The Balaban J connectivity index is 2.51. The van der Waals surface area contributed by atoms with Crippen LogP contribution in [-0.2, 0) is 9.47 Å². The van der Waals surface area contributed by atoms with Crippen molar-refractivity contribution in [2.45, 2.75) is 13.8 Å². The lowest BCUT2D eigenvalue weighted by molar-refractivity contribution is -0.384. The number of ether oxygens (including phenoxy) is 2. The normalized spacial score (nSPS) is 10.2. The van der Waals surface area contributed by atoms with Gasteiger partial charge in [0.05, 0.1) is 29.9 Å². The fraction of sp³-hybridized carbons (Fsp3) is 0.267. The molecule has 0 amide bonds. The van der Waals surface area contributed by atoms with E-state index in [2.05, 4.69) is 9.97 Å². The summed E-state index contributed by atoms with van der Waals surface area (Å²) < 4.78 is 9.67. The smallest absolute Gasteiger partial charge is 0.356 e. The van der Waals surface area contributed by atoms with Gasteiger partial charge in [-0.2, -0.15) is 0 Å². The lowest BCUT2D eigenvalue weighted by Gasteiger charge is -2.06. The molecule has 1 heterocycles. The van der Waals surface area contributed by atoms with Gasteiger partial charge in [-0.25, -0.2) is 14.6 Å². The summed E-state index contributed by atoms with van der Waals surface area (Å²) in [6, 6.07) is 4.20. The highest BCUT2D eigenvalue weighted by atomic mass is 16.6. The largest absolute Gasteiger partial charge is 0.462 e. The topological polar surface area (TPSA) is 124 Å². The zero-order chi connectivity index (χ0) is 17.7. The molecule has 9 nitrogen and oxygen atoms in total. The van der Waals surface area contributed by atoms with E-state index in [1.54, 1.807) is 13.8 Å². The average molecular weight is 333 g/mol. The minimum absolute atomic E-state index is 0.0580. The van der Waals surface area contributed by atoms with Gasteiger partial charge in [0.25, 0.3) is 5.69 Å². The molecule has 1 aromatic carbocycles. The van der Waals surface area contributed by atoms with E-state index >= 15 is 0 Å². The van der Waals surface area contributed by atoms with Crippen LogP contribution in [0.2, 0.25) is 0 Å². The fourth-order valence-electron chi connectivity index (χ4n) is 2.08. The molecule has 0 radical (unpaired) electrons. The first-order valence-electron chi connectivity index (χ1n) is 7.16. The third kappa shape index (κ3) is 3.40. The summed E-state index contributed by atoms with van der Waals surface area (Å²) in [6.45, 7) is 3.54. The van der Waals surface area contributed by atoms with Gasteiger partial charge in [0.1, 0.15) is 17.1 Å². The maximum Gasteiger partial charge on any atom is 0.356 e. The maximum absolute atomic E-state index is 11.9. The van der Waals surface area contributed by atoms with Crippen LogP contribution >= 0.6 is 0 Å². The molecule has 0 bridgehead atoms. The second-order valence-electron chi connectivity index (χ2n) is 4.55. The van der Waals surface area contributed by atoms with Gasteiger partial charge in [-0.05, 0) is 26.0 Å². The van der Waals surface area contributed by atoms with Crippen LogP contribution in [0.25, 0.3) is 11.4 Å². The second kappa shape index (κ2) is 7.36. The Morgan fingerprint density at radius 2 is 1.88 bits per heavy atom. The van der Waals surface area contributed by atoms with Gasteiger partial charge in [0.15, 0.2) is 0 Å². The number of aromatic amines is 1. The molecule has 1 aromatic heterocycles. The molecule has 2 aromatic rings. The van der Waals surface area contributed by atoms with Gasteiger partial charge in [-0.3, -0.25) is 10.1 Å². The molecule has 0 fully saturated rings. The Morgan fingerprint density at radius 3 is 2.50 bits per heavy atom. The third-order valence-corrected chi connectivity index (χ3v) is 3.04. The summed E-state index contributed by atoms with van der Waals surface area (Å²) in [5.74, 6) is -1.35. The Kier molecular flexibility index (Phi) is 5.25. The van der Waals surface area contributed by atoms with E-state index in [0.717, 1.165) is 0 Å². The number of H-pyrrole nitrogens is 1. The predicted octanol–water partition coefficient (Wildman–Crippen LogP) is 2.34. The highest BCUT2D eigenvalue weighted by Crippen LogP contribution is 2.31. The number of imidazole rings is 1. The molecular formula is C15H15N3O6. The molecule has 0 saturated carbocycles. The number of nitrogens with zero attached hydrogens (tertiary/aromatic N) is 2. The molecule has 0 aliphatic rings. The monoisotopic (exact) mass is 333 g/mol. The molecule has 9 heteroatoms. The first-order valence-corrected chi connectivity index (χ1v) is 7.16. The minimum atomic E-state index is -0.803.